The second-order valence-corrected chi connectivity index (χ2v) is 8.72. The third-order valence-corrected chi connectivity index (χ3v) is 6.46. The van der Waals surface area contributed by atoms with Crippen molar-refractivity contribution in [3.63, 3.8) is 0 Å². The fourth-order valence-corrected chi connectivity index (χ4v) is 5.02. The van der Waals surface area contributed by atoms with Crippen LogP contribution in [-0.2, 0) is 11.3 Å². The van der Waals surface area contributed by atoms with E-state index in [4.69, 9.17) is 10.5 Å². The van der Waals surface area contributed by atoms with Gasteiger partial charge in [0.15, 0.2) is 0 Å². The maximum atomic E-state index is 13.7. The fraction of sp³-hybridized carbons (Fsp3) is 0.409. The van der Waals surface area contributed by atoms with Crippen LogP contribution in [0.25, 0.3) is 11.0 Å². The molecule has 5 rings (SSSR count). The third-order valence-electron chi connectivity index (χ3n) is 6.46. The molecule has 2 aromatic heterocycles. The number of pyridine rings is 1. The maximum absolute atomic E-state index is 13.7. The van der Waals surface area contributed by atoms with Gasteiger partial charge in [0.2, 0.25) is 5.56 Å². The second-order valence-electron chi connectivity index (χ2n) is 8.72. The predicted octanol–water partition coefficient (Wildman–Crippen LogP) is 3.34. The molecule has 1 saturated carbocycles. The molecule has 0 bridgehead atoms. The van der Waals surface area contributed by atoms with Gasteiger partial charge in [-0.3, -0.25) is 9.69 Å². The number of imidazole rings is 1. The van der Waals surface area contributed by atoms with Crippen LogP contribution in [0.5, 0.6) is 0 Å². The topological polar surface area (TPSA) is 106 Å². The van der Waals surface area contributed by atoms with Crippen LogP contribution in [0.2, 0.25) is 0 Å². The number of halogens is 1. The Bertz CT molecular complexity index is 1240. The molecule has 2 atom stereocenters. The molecule has 1 saturated heterocycles. The minimum absolute atomic E-state index is 0.103. The van der Waals surface area contributed by atoms with E-state index in [9.17, 15) is 14.0 Å². The number of aromatic nitrogens is 3. The van der Waals surface area contributed by atoms with E-state index < -0.39 is 11.4 Å². The SMILES string of the molecule is Cc1cc(=O)[nH]cc1N1C[C@@]2(CCC[C@H](Cn3cnc4cc(F)c(N)cc43)C2)OC1=O. The normalized spacial score (nSPS) is 23.6. The van der Waals surface area contributed by atoms with Crippen LogP contribution in [0.15, 0.2) is 35.5 Å². The zero-order valence-electron chi connectivity index (χ0n) is 17.2. The zero-order chi connectivity index (χ0) is 21.8. The number of rotatable bonds is 3. The van der Waals surface area contributed by atoms with Crippen molar-refractivity contribution in [3.05, 3.63) is 52.5 Å². The van der Waals surface area contributed by atoms with Gasteiger partial charge in [-0.05, 0) is 50.2 Å². The lowest BCUT2D eigenvalue weighted by Crippen LogP contribution is -2.40. The van der Waals surface area contributed by atoms with Crippen LogP contribution in [0.3, 0.4) is 0 Å². The summed E-state index contributed by atoms with van der Waals surface area (Å²) in [5, 5.41) is 0. The smallest absolute Gasteiger partial charge is 0.415 e. The van der Waals surface area contributed by atoms with Crippen LogP contribution in [0, 0.1) is 18.7 Å². The summed E-state index contributed by atoms with van der Waals surface area (Å²) >= 11 is 0. The summed E-state index contributed by atoms with van der Waals surface area (Å²) in [5.41, 5.74) is 7.88. The monoisotopic (exact) mass is 425 g/mol. The summed E-state index contributed by atoms with van der Waals surface area (Å²) in [4.78, 5) is 32.8. The van der Waals surface area contributed by atoms with Crippen LogP contribution in [0.4, 0.5) is 20.6 Å². The maximum Gasteiger partial charge on any atom is 0.415 e. The summed E-state index contributed by atoms with van der Waals surface area (Å²) in [5.74, 6) is -0.188. The van der Waals surface area contributed by atoms with Crippen LogP contribution < -0.4 is 16.2 Å². The number of carbonyl (C=O) groups is 1. The average molecular weight is 425 g/mol. The molecule has 3 aromatic rings. The molecule has 1 aliphatic heterocycles. The van der Waals surface area contributed by atoms with Gasteiger partial charge < -0.3 is 20.0 Å². The number of aryl methyl sites for hydroxylation is 1. The second kappa shape index (κ2) is 7.11. The number of benzene rings is 1. The van der Waals surface area contributed by atoms with Crippen molar-refractivity contribution in [2.45, 2.75) is 44.8 Å². The number of anilines is 2. The zero-order valence-corrected chi connectivity index (χ0v) is 17.2. The van der Waals surface area contributed by atoms with Gasteiger partial charge in [0.1, 0.15) is 11.4 Å². The number of nitrogens with one attached hydrogen (secondary N) is 1. The number of fused-ring (bicyclic) bond motifs is 1. The van der Waals surface area contributed by atoms with Crippen molar-refractivity contribution in [3.8, 4) is 0 Å². The average Bonchev–Trinajstić information content (AvgIpc) is 3.23. The lowest BCUT2D eigenvalue weighted by Gasteiger charge is -2.36. The molecule has 0 radical (unpaired) electrons. The van der Waals surface area contributed by atoms with Crippen LogP contribution in [0.1, 0.15) is 31.2 Å². The number of hydrogen-bond donors (Lipinski definition) is 2. The van der Waals surface area contributed by atoms with E-state index in [2.05, 4.69) is 9.97 Å². The predicted molar refractivity (Wildman–Crippen MR) is 114 cm³/mol. The summed E-state index contributed by atoms with van der Waals surface area (Å²) in [6.45, 7) is 2.96. The van der Waals surface area contributed by atoms with Crippen molar-refractivity contribution in [1.82, 2.24) is 14.5 Å². The summed E-state index contributed by atoms with van der Waals surface area (Å²) in [7, 11) is 0. The van der Waals surface area contributed by atoms with E-state index in [1.54, 1.807) is 23.5 Å². The van der Waals surface area contributed by atoms with Gasteiger partial charge in [-0.15, -0.1) is 0 Å². The van der Waals surface area contributed by atoms with E-state index in [0.717, 1.165) is 36.8 Å². The number of hydrogen-bond acceptors (Lipinski definition) is 5. The molecule has 2 aliphatic rings. The first kappa shape index (κ1) is 19.6. The summed E-state index contributed by atoms with van der Waals surface area (Å²) in [6, 6.07) is 4.45. The highest BCUT2D eigenvalue weighted by Crippen LogP contribution is 2.42. The van der Waals surface area contributed by atoms with E-state index >= 15 is 0 Å². The molecule has 1 amide bonds. The van der Waals surface area contributed by atoms with Crippen molar-refractivity contribution >= 4 is 28.5 Å². The van der Waals surface area contributed by atoms with Crippen molar-refractivity contribution < 1.29 is 13.9 Å². The molecule has 3 N–H and O–H groups in total. The number of ether oxygens (including phenoxy) is 1. The van der Waals surface area contributed by atoms with Gasteiger partial charge >= 0.3 is 6.09 Å². The Kier molecular flexibility index (Phi) is 4.49. The first-order valence-electron chi connectivity index (χ1n) is 10.4. The highest BCUT2D eigenvalue weighted by molar-refractivity contribution is 5.91. The van der Waals surface area contributed by atoms with E-state index in [1.165, 1.54) is 12.1 Å². The molecule has 2 fully saturated rings. The fourth-order valence-electron chi connectivity index (χ4n) is 5.02. The molecule has 1 aromatic carbocycles. The van der Waals surface area contributed by atoms with Gasteiger partial charge in [-0.2, -0.15) is 0 Å². The Morgan fingerprint density at radius 1 is 1.35 bits per heavy atom. The molecule has 3 heterocycles. The van der Waals surface area contributed by atoms with Gasteiger partial charge in [-0.1, -0.05) is 0 Å². The lowest BCUT2D eigenvalue weighted by molar-refractivity contribution is 0.00439. The van der Waals surface area contributed by atoms with Crippen LogP contribution in [-0.4, -0.2) is 32.8 Å². The number of amides is 1. The standard InChI is InChI=1S/C22H24FN5O3/c1-13-5-20(29)25-9-19(13)28-11-22(31-21(28)30)4-2-3-14(8-22)10-27-12-26-17-6-15(23)16(24)7-18(17)27/h5-7,9,12,14H,2-4,8,10-11,24H2,1H3,(H,25,29)/t14-,22-/m0/s1. The highest BCUT2D eigenvalue weighted by Gasteiger charge is 2.48. The van der Waals surface area contributed by atoms with Gasteiger partial charge in [-0.25, -0.2) is 14.2 Å². The number of nitrogens with zero attached hydrogens (tertiary/aromatic N) is 3. The Morgan fingerprint density at radius 3 is 3.00 bits per heavy atom. The number of nitrogens with two attached hydrogens (primary N) is 1. The molecule has 9 heteroatoms. The number of aromatic amines is 1. The molecule has 1 spiro atoms. The van der Waals surface area contributed by atoms with Crippen LogP contribution >= 0.6 is 0 Å². The largest absolute Gasteiger partial charge is 0.441 e. The molecule has 162 valence electrons. The molecule has 0 unspecified atom stereocenters. The van der Waals surface area contributed by atoms with Crippen molar-refractivity contribution in [2.24, 2.45) is 5.92 Å². The number of carbonyl (C=O) groups excluding carboxylic acids is 1. The molecule has 8 nitrogen and oxygen atoms in total. The summed E-state index contributed by atoms with van der Waals surface area (Å²) in [6.07, 6.45) is 6.38. The van der Waals surface area contributed by atoms with Crippen molar-refractivity contribution in [1.29, 1.82) is 0 Å². The number of H-pyrrole nitrogens is 1. The molecular weight excluding hydrogens is 401 g/mol. The molecule has 31 heavy (non-hydrogen) atoms. The Hall–Kier alpha value is -3.36. The molecular formula is C22H24FN5O3. The van der Waals surface area contributed by atoms with E-state index in [1.807, 2.05) is 11.5 Å². The quantitative estimate of drug-likeness (QED) is 0.626. The minimum Gasteiger partial charge on any atom is -0.441 e. The third kappa shape index (κ3) is 3.43. The van der Waals surface area contributed by atoms with Gasteiger partial charge in [0, 0.05) is 24.9 Å². The van der Waals surface area contributed by atoms with Gasteiger partial charge in [0.25, 0.3) is 0 Å². The highest BCUT2D eigenvalue weighted by atomic mass is 19.1. The van der Waals surface area contributed by atoms with E-state index in [-0.39, 0.29) is 23.3 Å². The molecule has 1 aliphatic carbocycles. The van der Waals surface area contributed by atoms with Crippen molar-refractivity contribution in [2.75, 3.05) is 17.2 Å². The Balaban J connectivity index is 1.36. The number of nitrogen functional groups attached to an aromatic ring is 1. The first-order chi connectivity index (χ1) is 14.8. The van der Waals surface area contributed by atoms with Gasteiger partial charge in [0.05, 0.1) is 35.3 Å². The van der Waals surface area contributed by atoms with E-state index in [0.29, 0.717) is 24.3 Å². The Morgan fingerprint density at radius 2 is 2.19 bits per heavy atom. The lowest BCUT2D eigenvalue weighted by atomic mass is 9.78. The first-order valence-corrected chi connectivity index (χ1v) is 10.4. The summed E-state index contributed by atoms with van der Waals surface area (Å²) < 4.78 is 21.6. The Labute approximate surface area is 177 Å². The minimum atomic E-state index is -0.551.